The molecule has 4 aromatic rings. The lowest BCUT2D eigenvalue weighted by Crippen LogP contribution is -2.39. The number of benzene rings is 2. The Morgan fingerprint density at radius 1 is 1.15 bits per heavy atom. The Balaban J connectivity index is 1.79. The van der Waals surface area contributed by atoms with Gasteiger partial charge in [-0.15, -0.1) is 11.3 Å². The minimum absolute atomic E-state index is 0.176. The van der Waals surface area contributed by atoms with E-state index in [9.17, 15) is 9.59 Å². The molecule has 8 nitrogen and oxygen atoms in total. The van der Waals surface area contributed by atoms with Gasteiger partial charge in [0.05, 0.1) is 29.5 Å². The minimum atomic E-state index is -0.711. The summed E-state index contributed by atoms with van der Waals surface area (Å²) in [7, 11) is 1.51. The molecule has 2 aromatic heterocycles. The number of carbonyl (C=O) groups excluding carboxylic acids is 1. The van der Waals surface area contributed by atoms with Crippen LogP contribution in [0, 0.1) is 11.3 Å². The molecule has 3 heterocycles. The standard InChI is InChI=1S/C29H23N3O5S2/c1-3-36-28(34)23-24(18-9-5-4-6-10-18)31-29-32(25(23)21-13-8-16-38-21)27(33)22(39-29)17-19-11-7-12-20(35-2)26(19)37-15-14-30/h4-13,16-17,25H,3,15H2,1-2H3/b22-17-/t25-/m1/s1. The highest BCUT2D eigenvalue weighted by molar-refractivity contribution is 7.10. The molecule has 0 saturated heterocycles. The van der Waals surface area contributed by atoms with Crippen LogP contribution in [0.25, 0.3) is 11.8 Å². The van der Waals surface area contributed by atoms with Gasteiger partial charge in [-0.3, -0.25) is 9.36 Å². The first-order valence-corrected chi connectivity index (χ1v) is 13.8. The molecule has 0 bridgehead atoms. The molecule has 0 N–H and O–H groups in total. The third-order valence-corrected chi connectivity index (χ3v) is 7.89. The largest absolute Gasteiger partial charge is 0.493 e. The molecule has 0 radical (unpaired) electrons. The summed E-state index contributed by atoms with van der Waals surface area (Å²) in [4.78, 5) is 33.5. The molecule has 2 aromatic carbocycles. The molecule has 0 fully saturated rings. The van der Waals surface area contributed by atoms with Crippen LogP contribution in [0.2, 0.25) is 0 Å². The topological polar surface area (TPSA) is 103 Å². The Labute approximate surface area is 232 Å². The monoisotopic (exact) mass is 557 g/mol. The first kappa shape index (κ1) is 26.2. The lowest BCUT2D eigenvalue weighted by molar-refractivity contribution is -0.138. The first-order chi connectivity index (χ1) is 19.1. The van der Waals surface area contributed by atoms with Crippen LogP contribution in [0.4, 0.5) is 0 Å². The molecule has 39 heavy (non-hydrogen) atoms. The molecule has 196 valence electrons. The van der Waals surface area contributed by atoms with E-state index in [0.717, 1.165) is 10.4 Å². The molecule has 10 heteroatoms. The summed E-state index contributed by atoms with van der Waals surface area (Å²) < 4.78 is 18.5. The first-order valence-electron chi connectivity index (χ1n) is 12.1. The van der Waals surface area contributed by atoms with Gasteiger partial charge in [0, 0.05) is 16.0 Å². The molecule has 0 amide bonds. The fourth-order valence-electron chi connectivity index (χ4n) is 4.36. The fourth-order valence-corrected chi connectivity index (χ4v) is 6.18. The number of rotatable bonds is 8. The number of methoxy groups -OCH3 is 1. The molecule has 1 atom stereocenters. The summed E-state index contributed by atoms with van der Waals surface area (Å²) in [6.45, 7) is 1.76. The highest BCUT2D eigenvalue weighted by atomic mass is 32.1. The summed E-state index contributed by atoms with van der Waals surface area (Å²) in [5, 5.41) is 10.9. The zero-order valence-corrected chi connectivity index (χ0v) is 22.8. The highest BCUT2D eigenvalue weighted by Gasteiger charge is 2.35. The van der Waals surface area contributed by atoms with Crippen LogP contribution >= 0.6 is 22.7 Å². The molecule has 1 aliphatic rings. The van der Waals surface area contributed by atoms with Crippen molar-refractivity contribution in [1.29, 1.82) is 5.26 Å². The van der Waals surface area contributed by atoms with Crippen molar-refractivity contribution in [1.82, 2.24) is 4.57 Å². The average molecular weight is 558 g/mol. The number of thiophene rings is 1. The smallest absolute Gasteiger partial charge is 0.338 e. The number of thiazole rings is 1. The molecule has 1 aliphatic heterocycles. The Hall–Kier alpha value is -4.46. The number of esters is 1. The number of ether oxygens (including phenoxy) is 3. The Kier molecular flexibility index (Phi) is 7.72. The molecule has 0 unspecified atom stereocenters. The van der Waals surface area contributed by atoms with Gasteiger partial charge in [0.1, 0.15) is 12.1 Å². The van der Waals surface area contributed by atoms with Gasteiger partial charge < -0.3 is 14.2 Å². The summed E-state index contributed by atoms with van der Waals surface area (Å²) >= 11 is 2.67. The van der Waals surface area contributed by atoms with Gasteiger partial charge in [0.2, 0.25) is 0 Å². The van der Waals surface area contributed by atoms with Crippen LogP contribution in [0.3, 0.4) is 0 Å². The minimum Gasteiger partial charge on any atom is -0.493 e. The zero-order chi connectivity index (χ0) is 27.4. The molecule has 0 aliphatic carbocycles. The number of fused-ring (bicyclic) bond motifs is 1. The van der Waals surface area contributed by atoms with E-state index >= 15 is 0 Å². The quantitative estimate of drug-likeness (QED) is 0.305. The van der Waals surface area contributed by atoms with Gasteiger partial charge in [0.15, 0.2) is 22.9 Å². The number of nitriles is 1. The van der Waals surface area contributed by atoms with E-state index in [4.69, 9.17) is 24.5 Å². The number of nitrogens with zero attached hydrogens (tertiary/aromatic N) is 3. The number of hydrogen-bond donors (Lipinski definition) is 0. The number of hydrogen-bond acceptors (Lipinski definition) is 9. The van der Waals surface area contributed by atoms with Gasteiger partial charge in [-0.05, 0) is 30.5 Å². The van der Waals surface area contributed by atoms with Crippen LogP contribution in [0.1, 0.15) is 29.0 Å². The van der Waals surface area contributed by atoms with Crippen molar-refractivity contribution >= 4 is 40.4 Å². The summed E-state index contributed by atoms with van der Waals surface area (Å²) in [5.41, 5.74) is 1.80. The van der Waals surface area contributed by atoms with E-state index in [1.54, 1.807) is 35.8 Å². The van der Waals surface area contributed by atoms with Gasteiger partial charge in [-0.1, -0.05) is 59.9 Å². The van der Waals surface area contributed by atoms with Crippen molar-refractivity contribution in [2.75, 3.05) is 20.3 Å². The second-order valence-corrected chi connectivity index (χ2v) is 10.3. The van der Waals surface area contributed by atoms with E-state index in [2.05, 4.69) is 0 Å². The van der Waals surface area contributed by atoms with E-state index in [1.165, 1.54) is 29.8 Å². The Morgan fingerprint density at radius 2 is 1.97 bits per heavy atom. The van der Waals surface area contributed by atoms with Gasteiger partial charge in [0.25, 0.3) is 5.56 Å². The number of aromatic nitrogens is 1. The van der Waals surface area contributed by atoms with Crippen LogP contribution in [-0.4, -0.2) is 30.9 Å². The van der Waals surface area contributed by atoms with Crippen LogP contribution < -0.4 is 24.4 Å². The van der Waals surface area contributed by atoms with Crippen molar-refractivity contribution in [3.8, 4) is 17.6 Å². The normalized spacial score (nSPS) is 14.8. The van der Waals surface area contributed by atoms with Crippen molar-refractivity contribution in [3.63, 3.8) is 0 Å². The van der Waals surface area contributed by atoms with Crippen molar-refractivity contribution in [2.24, 2.45) is 4.99 Å². The van der Waals surface area contributed by atoms with E-state index in [0.29, 0.717) is 37.7 Å². The lowest BCUT2D eigenvalue weighted by atomic mass is 9.97. The SMILES string of the molecule is CCOC(=O)C1=C(c2ccccc2)N=c2s/c(=C\c3cccc(OC)c3OCC#N)c(=O)n2[C@@H]1c1cccs1. The molecule has 0 spiro atoms. The summed E-state index contributed by atoms with van der Waals surface area (Å²) in [5.74, 6) is 0.284. The predicted molar refractivity (Wildman–Crippen MR) is 149 cm³/mol. The average Bonchev–Trinajstić information content (AvgIpc) is 3.60. The van der Waals surface area contributed by atoms with E-state index < -0.39 is 12.0 Å². The van der Waals surface area contributed by atoms with Crippen molar-refractivity contribution < 1.29 is 19.0 Å². The second kappa shape index (κ2) is 11.5. The van der Waals surface area contributed by atoms with Gasteiger partial charge >= 0.3 is 5.97 Å². The molecule has 5 rings (SSSR count). The van der Waals surface area contributed by atoms with Crippen molar-refractivity contribution in [3.05, 3.63) is 107 Å². The maximum Gasteiger partial charge on any atom is 0.338 e. The summed E-state index contributed by atoms with van der Waals surface area (Å²) in [6, 6.07) is 19.7. The molecular weight excluding hydrogens is 534 g/mol. The number of carbonyl (C=O) groups is 1. The Morgan fingerprint density at radius 3 is 2.67 bits per heavy atom. The zero-order valence-electron chi connectivity index (χ0n) is 21.1. The lowest BCUT2D eigenvalue weighted by Gasteiger charge is -2.24. The fraction of sp³-hybridized carbons (Fsp3) is 0.172. The summed E-state index contributed by atoms with van der Waals surface area (Å²) in [6.07, 6.45) is 1.70. The molecular formula is C29H23N3O5S2. The molecule has 0 saturated carbocycles. The van der Waals surface area contributed by atoms with Crippen molar-refractivity contribution in [2.45, 2.75) is 13.0 Å². The van der Waals surface area contributed by atoms with Gasteiger partial charge in [-0.25, -0.2) is 9.79 Å². The van der Waals surface area contributed by atoms with E-state index in [-0.39, 0.29) is 18.8 Å². The number of para-hydroxylation sites is 1. The third kappa shape index (κ3) is 5.02. The Bertz CT molecular complexity index is 1760. The van der Waals surface area contributed by atoms with E-state index in [1.807, 2.05) is 53.9 Å². The third-order valence-electron chi connectivity index (χ3n) is 5.98. The van der Waals surface area contributed by atoms with Crippen LogP contribution in [0.15, 0.2) is 81.4 Å². The highest BCUT2D eigenvalue weighted by Crippen LogP contribution is 2.37. The van der Waals surface area contributed by atoms with Gasteiger partial charge in [-0.2, -0.15) is 5.26 Å². The second-order valence-electron chi connectivity index (χ2n) is 8.27. The maximum atomic E-state index is 14.0. The van der Waals surface area contributed by atoms with Crippen LogP contribution in [0.5, 0.6) is 11.5 Å². The predicted octanol–water partition coefficient (Wildman–Crippen LogP) is 3.91. The maximum absolute atomic E-state index is 14.0. The van der Waals surface area contributed by atoms with Crippen LogP contribution in [-0.2, 0) is 9.53 Å².